The Balaban J connectivity index is 3.23. The van der Waals surface area contributed by atoms with E-state index in [1.54, 1.807) is 19.9 Å². The lowest BCUT2D eigenvalue weighted by atomic mass is 10.1. The lowest BCUT2D eigenvalue weighted by molar-refractivity contribution is -0.104. The number of aromatic carboxylic acids is 1. The topological polar surface area (TPSA) is 70.2 Å². The Bertz CT molecular complexity index is 402. The van der Waals surface area contributed by atoms with Gasteiger partial charge in [0.25, 0.3) is 0 Å². The minimum Gasteiger partial charge on any atom is -0.478 e. The van der Waals surface area contributed by atoms with Crippen LogP contribution in [0.3, 0.4) is 0 Å². The highest BCUT2D eigenvalue weighted by molar-refractivity contribution is 5.92. The number of carbonyl (C=O) groups is 2. The van der Waals surface area contributed by atoms with Gasteiger partial charge in [-0.2, -0.15) is 0 Å². The van der Waals surface area contributed by atoms with Gasteiger partial charge in [-0.05, 0) is 31.6 Å². The van der Waals surface area contributed by atoms with Crippen LogP contribution in [0, 0.1) is 13.8 Å². The molecule has 0 saturated heterocycles. The molecule has 1 aromatic rings. The number of nitrogens with one attached hydrogen (secondary N) is 1. The number of aromatic nitrogens is 1. The standard InChI is InChI=1S/C10H11NO3/c1-6-8(4-3-5-12)11-7(2)9(6)10(13)14/h3-5,11H,1-2H3,(H,13,14). The molecule has 4 heteroatoms. The van der Waals surface area contributed by atoms with Gasteiger partial charge >= 0.3 is 5.97 Å². The molecule has 0 aliphatic heterocycles. The molecule has 0 fully saturated rings. The van der Waals surface area contributed by atoms with Crippen molar-refractivity contribution < 1.29 is 14.7 Å². The fourth-order valence-corrected chi connectivity index (χ4v) is 1.40. The van der Waals surface area contributed by atoms with Gasteiger partial charge in [0, 0.05) is 11.4 Å². The quantitative estimate of drug-likeness (QED) is 0.565. The van der Waals surface area contributed by atoms with Crippen LogP contribution in [0.2, 0.25) is 0 Å². The minimum atomic E-state index is -0.956. The van der Waals surface area contributed by atoms with Crippen LogP contribution in [0.4, 0.5) is 0 Å². The zero-order chi connectivity index (χ0) is 10.7. The Kier molecular flexibility index (Phi) is 2.86. The van der Waals surface area contributed by atoms with Gasteiger partial charge in [0.15, 0.2) is 0 Å². The molecule has 0 spiro atoms. The molecule has 4 nitrogen and oxygen atoms in total. The van der Waals surface area contributed by atoms with Gasteiger partial charge in [-0.3, -0.25) is 4.79 Å². The fraction of sp³-hybridized carbons (Fsp3) is 0.200. The summed E-state index contributed by atoms with van der Waals surface area (Å²) in [6.45, 7) is 3.39. The first kappa shape index (κ1) is 10.2. The molecule has 0 saturated carbocycles. The molecule has 0 atom stereocenters. The average Bonchev–Trinajstić information content (AvgIpc) is 2.38. The van der Waals surface area contributed by atoms with Crippen molar-refractivity contribution in [1.82, 2.24) is 4.98 Å². The van der Waals surface area contributed by atoms with Crippen LogP contribution in [0.1, 0.15) is 27.3 Å². The van der Waals surface area contributed by atoms with Gasteiger partial charge in [0.2, 0.25) is 0 Å². The second-order valence-corrected chi connectivity index (χ2v) is 2.96. The highest BCUT2D eigenvalue weighted by Crippen LogP contribution is 2.18. The molecule has 0 aliphatic carbocycles. The summed E-state index contributed by atoms with van der Waals surface area (Å²) in [5.74, 6) is -0.956. The van der Waals surface area contributed by atoms with Crippen molar-refractivity contribution in [2.24, 2.45) is 0 Å². The molecule has 2 N–H and O–H groups in total. The number of carboxylic acids is 1. The second kappa shape index (κ2) is 3.91. The van der Waals surface area contributed by atoms with Crippen LogP contribution in [-0.4, -0.2) is 22.3 Å². The number of aldehydes is 1. The third-order valence-electron chi connectivity index (χ3n) is 2.03. The molecule has 1 aromatic heterocycles. The third-order valence-corrected chi connectivity index (χ3v) is 2.03. The second-order valence-electron chi connectivity index (χ2n) is 2.96. The summed E-state index contributed by atoms with van der Waals surface area (Å²) in [7, 11) is 0. The zero-order valence-corrected chi connectivity index (χ0v) is 8.00. The van der Waals surface area contributed by atoms with Crippen molar-refractivity contribution in [3.8, 4) is 0 Å². The Hall–Kier alpha value is -1.84. The van der Waals surface area contributed by atoms with Gasteiger partial charge in [-0.1, -0.05) is 0 Å². The van der Waals surface area contributed by atoms with Crippen LogP contribution < -0.4 is 0 Å². The maximum atomic E-state index is 10.8. The van der Waals surface area contributed by atoms with E-state index < -0.39 is 5.97 Å². The molecule has 0 amide bonds. The molecule has 0 unspecified atom stereocenters. The van der Waals surface area contributed by atoms with E-state index in [0.717, 1.165) is 0 Å². The molecule has 0 radical (unpaired) electrons. The van der Waals surface area contributed by atoms with Crippen molar-refractivity contribution in [1.29, 1.82) is 0 Å². The average molecular weight is 193 g/mol. The number of hydrogen-bond acceptors (Lipinski definition) is 2. The van der Waals surface area contributed by atoms with E-state index in [0.29, 0.717) is 23.2 Å². The number of carbonyl (C=O) groups excluding carboxylic acids is 1. The number of carboxylic acid groups (broad SMARTS) is 1. The van der Waals surface area contributed by atoms with Gasteiger partial charge in [-0.15, -0.1) is 0 Å². The van der Waals surface area contributed by atoms with Gasteiger partial charge in [-0.25, -0.2) is 4.79 Å². The molecular formula is C10H11NO3. The fourth-order valence-electron chi connectivity index (χ4n) is 1.40. The van der Waals surface area contributed by atoms with Crippen LogP contribution in [-0.2, 0) is 4.79 Å². The third kappa shape index (κ3) is 1.74. The number of allylic oxidation sites excluding steroid dienone is 1. The summed E-state index contributed by atoms with van der Waals surface area (Å²) in [6, 6.07) is 0. The molecule has 1 rings (SSSR count). The van der Waals surface area contributed by atoms with E-state index in [1.807, 2.05) is 0 Å². The van der Waals surface area contributed by atoms with E-state index >= 15 is 0 Å². The first-order chi connectivity index (χ1) is 6.57. The molecule has 74 valence electrons. The minimum absolute atomic E-state index is 0.274. The predicted molar refractivity (Wildman–Crippen MR) is 52.3 cm³/mol. The van der Waals surface area contributed by atoms with Gasteiger partial charge in [0.05, 0.1) is 5.56 Å². The molecular weight excluding hydrogens is 182 g/mol. The summed E-state index contributed by atoms with van der Waals surface area (Å²) >= 11 is 0. The summed E-state index contributed by atoms with van der Waals surface area (Å²) in [5, 5.41) is 8.87. The van der Waals surface area contributed by atoms with Crippen molar-refractivity contribution in [2.45, 2.75) is 13.8 Å². The summed E-state index contributed by atoms with van der Waals surface area (Å²) < 4.78 is 0. The van der Waals surface area contributed by atoms with Crippen molar-refractivity contribution in [3.63, 3.8) is 0 Å². The van der Waals surface area contributed by atoms with E-state index in [-0.39, 0.29) is 5.56 Å². The molecule has 1 heterocycles. The number of hydrogen-bond donors (Lipinski definition) is 2. The maximum Gasteiger partial charge on any atom is 0.337 e. The van der Waals surface area contributed by atoms with Crippen molar-refractivity contribution in [3.05, 3.63) is 28.6 Å². The normalized spacial score (nSPS) is 10.7. The molecule has 0 aliphatic rings. The van der Waals surface area contributed by atoms with E-state index in [4.69, 9.17) is 5.11 Å². The van der Waals surface area contributed by atoms with Gasteiger partial charge < -0.3 is 10.1 Å². The van der Waals surface area contributed by atoms with E-state index in [2.05, 4.69) is 4.98 Å². The van der Waals surface area contributed by atoms with Crippen LogP contribution in [0.5, 0.6) is 0 Å². The highest BCUT2D eigenvalue weighted by Gasteiger charge is 2.15. The Morgan fingerprint density at radius 1 is 1.43 bits per heavy atom. The van der Waals surface area contributed by atoms with Gasteiger partial charge in [0.1, 0.15) is 6.29 Å². The lowest BCUT2D eigenvalue weighted by Gasteiger charge is -1.93. The monoisotopic (exact) mass is 193 g/mol. The number of aryl methyl sites for hydroxylation is 1. The summed E-state index contributed by atoms with van der Waals surface area (Å²) in [6.07, 6.45) is 3.53. The molecule has 14 heavy (non-hydrogen) atoms. The Morgan fingerprint density at radius 2 is 2.07 bits per heavy atom. The summed E-state index contributed by atoms with van der Waals surface area (Å²) in [5.41, 5.74) is 2.18. The molecule has 0 aromatic carbocycles. The van der Waals surface area contributed by atoms with Crippen molar-refractivity contribution in [2.75, 3.05) is 0 Å². The largest absolute Gasteiger partial charge is 0.478 e. The first-order valence-electron chi connectivity index (χ1n) is 4.12. The van der Waals surface area contributed by atoms with Crippen molar-refractivity contribution >= 4 is 18.3 Å². The Labute approximate surface area is 81.3 Å². The van der Waals surface area contributed by atoms with Crippen LogP contribution in [0.25, 0.3) is 6.08 Å². The van der Waals surface area contributed by atoms with E-state index in [1.165, 1.54) is 6.08 Å². The zero-order valence-electron chi connectivity index (χ0n) is 8.00. The highest BCUT2D eigenvalue weighted by atomic mass is 16.4. The van der Waals surface area contributed by atoms with Crippen LogP contribution >= 0.6 is 0 Å². The number of rotatable bonds is 3. The SMILES string of the molecule is Cc1[nH]c(C=CC=O)c(C)c1C(=O)O. The lowest BCUT2D eigenvalue weighted by Crippen LogP contribution is -1.98. The first-order valence-corrected chi connectivity index (χ1v) is 4.12. The maximum absolute atomic E-state index is 10.8. The van der Waals surface area contributed by atoms with Crippen LogP contribution in [0.15, 0.2) is 6.08 Å². The number of H-pyrrole nitrogens is 1. The van der Waals surface area contributed by atoms with E-state index in [9.17, 15) is 9.59 Å². The number of aromatic amines is 1. The molecule has 0 bridgehead atoms. The Morgan fingerprint density at radius 3 is 2.50 bits per heavy atom. The smallest absolute Gasteiger partial charge is 0.337 e. The summed E-state index contributed by atoms with van der Waals surface area (Å²) in [4.78, 5) is 23.8. The predicted octanol–water partition coefficient (Wildman–Crippen LogP) is 1.54.